The van der Waals surface area contributed by atoms with Crippen molar-refractivity contribution in [3.05, 3.63) is 57.5 Å². The minimum absolute atomic E-state index is 0.103. The molecule has 7 N–H and O–H groups in total. The molecule has 0 aliphatic rings. The molecular weight excluding hydrogens is 425 g/mol. The van der Waals surface area contributed by atoms with Gasteiger partial charge in [-0.15, -0.1) is 0 Å². The number of anilines is 2. The number of nitrogen functional groups attached to an aromatic ring is 1. The number of nitrogens with one attached hydrogen (secondary N) is 1. The first-order valence-electron chi connectivity index (χ1n) is 9.93. The average Bonchev–Trinajstić information content (AvgIpc) is 2.77. The van der Waals surface area contributed by atoms with E-state index in [9.17, 15) is 22.8 Å². The van der Waals surface area contributed by atoms with Gasteiger partial charge in [-0.2, -0.15) is 0 Å². The van der Waals surface area contributed by atoms with Gasteiger partial charge in [-0.1, -0.05) is 6.42 Å². The lowest BCUT2D eigenvalue weighted by Crippen LogP contribution is -2.35. The van der Waals surface area contributed by atoms with Crippen molar-refractivity contribution in [2.75, 3.05) is 17.6 Å². The molecule has 0 radical (unpaired) electrons. The fraction of sp³-hybridized carbons (Fsp3) is 0.273. The fourth-order valence-electron chi connectivity index (χ4n) is 3.26. The largest absolute Gasteiger partial charge is 0.453 e. The van der Waals surface area contributed by atoms with E-state index in [4.69, 9.17) is 21.6 Å². The monoisotopic (exact) mass is 448 g/mol. The molecule has 0 saturated carbocycles. The van der Waals surface area contributed by atoms with E-state index in [0.29, 0.717) is 19.4 Å². The second-order valence-electron chi connectivity index (χ2n) is 7.42. The van der Waals surface area contributed by atoms with E-state index < -0.39 is 57.0 Å². The highest BCUT2D eigenvalue weighted by molar-refractivity contribution is 5.95. The topological polar surface area (TPSA) is 137 Å². The Morgan fingerprint density at radius 1 is 1.16 bits per heavy atom. The molecular formula is C22H23F3N4O3. The second kappa shape index (κ2) is 9.41. The van der Waals surface area contributed by atoms with Crippen molar-refractivity contribution in [1.29, 1.82) is 0 Å². The SMILES string of the molecule is Cc1c(F)c(N)c2c(=O)cc(-c3ccc(NC(=O)[C@@H](N)CCCCN)c(F)c3)oc2c1F. The Hall–Kier alpha value is -3.37. The van der Waals surface area contributed by atoms with Crippen LogP contribution >= 0.6 is 0 Å². The molecule has 10 heteroatoms. The third-order valence-electron chi connectivity index (χ3n) is 5.13. The summed E-state index contributed by atoms with van der Waals surface area (Å²) in [6.07, 6.45) is 1.79. The van der Waals surface area contributed by atoms with Gasteiger partial charge in [0.1, 0.15) is 11.6 Å². The van der Waals surface area contributed by atoms with E-state index in [1.165, 1.54) is 12.1 Å². The Morgan fingerprint density at radius 3 is 2.53 bits per heavy atom. The molecule has 1 amide bonds. The lowest BCUT2D eigenvalue weighted by Gasteiger charge is -2.13. The summed E-state index contributed by atoms with van der Waals surface area (Å²) >= 11 is 0. The second-order valence-corrected chi connectivity index (χ2v) is 7.42. The Labute approximate surface area is 181 Å². The molecule has 32 heavy (non-hydrogen) atoms. The van der Waals surface area contributed by atoms with Crippen LogP contribution in [0.15, 0.2) is 33.5 Å². The lowest BCUT2D eigenvalue weighted by atomic mass is 10.1. The first kappa shape index (κ1) is 23.3. The zero-order chi connectivity index (χ0) is 23.6. The quantitative estimate of drug-likeness (QED) is 0.324. The minimum atomic E-state index is -1.07. The molecule has 0 spiro atoms. The lowest BCUT2D eigenvalue weighted by molar-refractivity contribution is -0.117. The fourth-order valence-corrected chi connectivity index (χ4v) is 3.26. The van der Waals surface area contributed by atoms with Crippen molar-refractivity contribution in [1.82, 2.24) is 0 Å². The zero-order valence-electron chi connectivity index (χ0n) is 17.3. The summed E-state index contributed by atoms with van der Waals surface area (Å²) in [5.74, 6) is -3.63. The molecule has 3 rings (SSSR count). The van der Waals surface area contributed by atoms with Crippen LogP contribution in [0.5, 0.6) is 0 Å². The van der Waals surface area contributed by atoms with Crippen LogP contribution in [-0.2, 0) is 4.79 Å². The van der Waals surface area contributed by atoms with Crippen molar-refractivity contribution < 1.29 is 22.4 Å². The van der Waals surface area contributed by atoms with Crippen LogP contribution in [0.2, 0.25) is 0 Å². The summed E-state index contributed by atoms with van der Waals surface area (Å²) < 4.78 is 48.6. The van der Waals surface area contributed by atoms with Crippen LogP contribution in [-0.4, -0.2) is 18.5 Å². The molecule has 7 nitrogen and oxygen atoms in total. The standard InChI is InChI=1S/C22H23F3N4O3/c1-10-18(24)20(28)17-15(30)9-16(32-21(17)19(10)25)11-5-6-14(12(23)8-11)29-22(31)13(27)4-2-3-7-26/h5-6,8-9,13H,2-4,7,26-28H2,1H3,(H,29,31)/t13-/m0/s1. The molecule has 2 aromatic carbocycles. The van der Waals surface area contributed by atoms with Crippen LogP contribution in [0, 0.1) is 24.4 Å². The summed E-state index contributed by atoms with van der Waals surface area (Å²) in [6, 6.07) is 3.79. The smallest absolute Gasteiger partial charge is 0.241 e. The molecule has 170 valence electrons. The number of halogens is 3. The van der Waals surface area contributed by atoms with Gasteiger partial charge in [0.2, 0.25) is 5.91 Å². The molecule has 1 aromatic heterocycles. The zero-order valence-corrected chi connectivity index (χ0v) is 17.3. The third-order valence-corrected chi connectivity index (χ3v) is 5.13. The summed E-state index contributed by atoms with van der Waals surface area (Å²) in [6.45, 7) is 1.64. The third kappa shape index (κ3) is 4.46. The van der Waals surface area contributed by atoms with Gasteiger partial charge >= 0.3 is 0 Å². The Bertz CT molecular complexity index is 1240. The van der Waals surface area contributed by atoms with E-state index in [2.05, 4.69) is 5.32 Å². The first-order chi connectivity index (χ1) is 15.1. The number of rotatable bonds is 7. The Morgan fingerprint density at radius 2 is 1.88 bits per heavy atom. The molecule has 0 saturated heterocycles. The van der Waals surface area contributed by atoms with Crippen molar-refractivity contribution in [3.63, 3.8) is 0 Å². The highest BCUT2D eigenvalue weighted by Crippen LogP contribution is 2.32. The number of carbonyl (C=O) groups is 1. The normalized spacial score (nSPS) is 12.2. The summed E-state index contributed by atoms with van der Waals surface area (Å²) in [5, 5.41) is 1.98. The molecule has 0 fully saturated rings. The van der Waals surface area contributed by atoms with Crippen molar-refractivity contribution in [3.8, 4) is 11.3 Å². The number of hydrogen-bond donors (Lipinski definition) is 4. The van der Waals surface area contributed by atoms with Gasteiger partial charge in [0.05, 0.1) is 22.8 Å². The van der Waals surface area contributed by atoms with E-state index in [1.54, 1.807) is 0 Å². The van der Waals surface area contributed by atoms with E-state index in [1.807, 2.05) is 0 Å². The van der Waals surface area contributed by atoms with E-state index in [-0.39, 0.29) is 17.0 Å². The van der Waals surface area contributed by atoms with Crippen molar-refractivity contribution in [2.45, 2.75) is 32.2 Å². The predicted octanol–water partition coefficient (Wildman–Crippen LogP) is 3.16. The number of hydrogen-bond acceptors (Lipinski definition) is 6. The van der Waals surface area contributed by atoms with Gasteiger partial charge in [-0.3, -0.25) is 9.59 Å². The number of nitrogens with two attached hydrogens (primary N) is 3. The highest BCUT2D eigenvalue weighted by atomic mass is 19.1. The molecule has 1 heterocycles. The van der Waals surface area contributed by atoms with Crippen LogP contribution in [0.4, 0.5) is 24.5 Å². The van der Waals surface area contributed by atoms with Crippen LogP contribution in [0.1, 0.15) is 24.8 Å². The average molecular weight is 448 g/mol. The highest BCUT2D eigenvalue weighted by Gasteiger charge is 2.21. The van der Waals surface area contributed by atoms with Crippen LogP contribution in [0.25, 0.3) is 22.3 Å². The molecule has 0 bridgehead atoms. The van der Waals surface area contributed by atoms with Gasteiger partial charge < -0.3 is 26.9 Å². The Kier molecular flexibility index (Phi) is 6.85. The van der Waals surface area contributed by atoms with Crippen molar-refractivity contribution in [2.24, 2.45) is 11.5 Å². The summed E-state index contributed by atoms with van der Waals surface area (Å²) in [4.78, 5) is 24.6. The van der Waals surface area contributed by atoms with Gasteiger partial charge in [0.15, 0.2) is 22.6 Å². The minimum Gasteiger partial charge on any atom is -0.453 e. The maximum atomic E-state index is 14.6. The predicted molar refractivity (Wildman–Crippen MR) is 116 cm³/mol. The molecule has 1 atom stereocenters. The molecule has 0 unspecified atom stereocenters. The number of amides is 1. The van der Waals surface area contributed by atoms with Gasteiger partial charge in [-0.05, 0) is 44.5 Å². The Balaban J connectivity index is 1.92. The van der Waals surface area contributed by atoms with Crippen LogP contribution in [0.3, 0.4) is 0 Å². The number of carbonyl (C=O) groups excluding carboxylic acids is 1. The van der Waals surface area contributed by atoms with Crippen molar-refractivity contribution >= 4 is 28.3 Å². The van der Waals surface area contributed by atoms with Crippen LogP contribution < -0.4 is 27.9 Å². The van der Waals surface area contributed by atoms with E-state index >= 15 is 0 Å². The number of benzene rings is 2. The van der Waals surface area contributed by atoms with E-state index in [0.717, 1.165) is 25.5 Å². The summed E-state index contributed by atoms with van der Waals surface area (Å²) in [7, 11) is 0. The van der Waals surface area contributed by atoms with Gasteiger partial charge in [-0.25, -0.2) is 13.2 Å². The van der Waals surface area contributed by atoms with Gasteiger partial charge in [0.25, 0.3) is 0 Å². The summed E-state index contributed by atoms with van der Waals surface area (Å²) in [5.41, 5.74) is 14.6. The molecule has 0 aliphatic heterocycles. The number of unbranched alkanes of at least 4 members (excludes halogenated alkanes) is 1. The molecule has 0 aliphatic carbocycles. The van der Waals surface area contributed by atoms with Gasteiger partial charge in [0, 0.05) is 17.2 Å². The maximum absolute atomic E-state index is 14.6. The maximum Gasteiger partial charge on any atom is 0.241 e. The number of fused-ring (bicyclic) bond motifs is 1. The first-order valence-corrected chi connectivity index (χ1v) is 9.93. The molecule has 3 aromatic rings.